The smallest absolute Gasteiger partial charge is 0.172 e. The first-order valence-corrected chi connectivity index (χ1v) is 5.15. The summed E-state index contributed by atoms with van der Waals surface area (Å²) in [6, 6.07) is 0. The minimum Gasteiger partial charge on any atom is -0.482 e. The Labute approximate surface area is 76.1 Å². The van der Waals surface area contributed by atoms with Gasteiger partial charge in [-0.1, -0.05) is 6.92 Å². The summed E-state index contributed by atoms with van der Waals surface area (Å²) in [4.78, 5) is 0. The summed E-state index contributed by atoms with van der Waals surface area (Å²) in [5.41, 5.74) is 0. The van der Waals surface area contributed by atoms with Gasteiger partial charge < -0.3 is 9.47 Å². The quantitative estimate of drug-likeness (QED) is 0.668. The lowest BCUT2D eigenvalue weighted by Crippen LogP contribution is -2.36. The Hall–Kier alpha value is -0.700. The van der Waals surface area contributed by atoms with Crippen molar-refractivity contribution >= 4 is 11.3 Å². The molecule has 0 N–H and O–H groups in total. The maximum Gasteiger partial charge on any atom is 0.172 e. The van der Waals surface area contributed by atoms with Crippen LogP contribution in [-0.2, 0) is 0 Å². The zero-order valence-corrected chi connectivity index (χ0v) is 8.06. The summed E-state index contributed by atoms with van der Waals surface area (Å²) >= 11 is 1.62. The zero-order valence-electron chi connectivity index (χ0n) is 7.24. The number of hydrogen-bond acceptors (Lipinski definition) is 3. The standard InChI is InChI=1S/C9H12O2S/c1-3-7-6(2)10-8-4-12-5-9(8)11-7/h4-7H,3H2,1-2H3. The van der Waals surface area contributed by atoms with Crippen LogP contribution in [0.2, 0.25) is 0 Å². The molecular formula is C9H12O2S. The van der Waals surface area contributed by atoms with Crippen LogP contribution in [0.1, 0.15) is 20.3 Å². The fraction of sp³-hybridized carbons (Fsp3) is 0.556. The van der Waals surface area contributed by atoms with Crippen LogP contribution in [0, 0.1) is 0 Å². The molecule has 0 spiro atoms. The first-order valence-electron chi connectivity index (χ1n) is 4.20. The van der Waals surface area contributed by atoms with Gasteiger partial charge in [-0.05, 0) is 13.3 Å². The van der Waals surface area contributed by atoms with E-state index in [1.54, 1.807) is 11.3 Å². The first kappa shape index (κ1) is 7.92. The SMILES string of the molecule is CCC1Oc2cscc2OC1C. The predicted octanol–water partition coefficient (Wildman–Crippen LogP) is 2.69. The van der Waals surface area contributed by atoms with E-state index in [0.29, 0.717) is 0 Å². The van der Waals surface area contributed by atoms with E-state index < -0.39 is 0 Å². The van der Waals surface area contributed by atoms with Crippen LogP contribution in [-0.4, -0.2) is 12.2 Å². The van der Waals surface area contributed by atoms with Crippen LogP contribution < -0.4 is 9.47 Å². The van der Waals surface area contributed by atoms with Gasteiger partial charge in [0.05, 0.1) is 0 Å². The molecule has 0 saturated carbocycles. The average molecular weight is 184 g/mol. The Morgan fingerprint density at radius 1 is 1.33 bits per heavy atom. The molecule has 2 unspecified atom stereocenters. The summed E-state index contributed by atoms with van der Waals surface area (Å²) in [7, 11) is 0. The maximum absolute atomic E-state index is 5.72. The molecule has 2 atom stereocenters. The Bertz CT molecular complexity index is 269. The molecule has 2 nitrogen and oxygen atoms in total. The van der Waals surface area contributed by atoms with Gasteiger partial charge in [0.25, 0.3) is 0 Å². The normalized spacial score (nSPS) is 27.2. The van der Waals surface area contributed by atoms with Gasteiger partial charge in [-0.15, -0.1) is 11.3 Å². The van der Waals surface area contributed by atoms with E-state index in [4.69, 9.17) is 9.47 Å². The molecule has 66 valence electrons. The van der Waals surface area contributed by atoms with E-state index in [1.165, 1.54) is 0 Å². The molecule has 1 aromatic heterocycles. The van der Waals surface area contributed by atoms with Crippen LogP contribution in [0.3, 0.4) is 0 Å². The maximum atomic E-state index is 5.72. The van der Waals surface area contributed by atoms with Crippen molar-refractivity contribution in [3.63, 3.8) is 0 Å². The molecule has 0 radical (unpaired) electrons. The Balaban J connectivity index is 2.23. The number of rotatable bonds is 1. The van der Waals surface area contributed by atoms with Crippen molar-refractivity contribution in [2.45, 2.75) is 32.5 Å². The number of fused-ring (bicyclic) bond motifs is 1. The number of hydrogen-bond donors (Lipinski definition) is 0. The van der Waals surface area contributed by atoms with Gasteiger partial charge in [0, 0.05) is 10.8 Å². The van der Waals surface area contributed by atoms with Crippen molar-refractivity contribution < 1.29 is 9.47 Å². The summed E-state index contributed by atoms with van der Waals surface area (Å²) in [6.45, 7) is 4.16. The topological polar surface area (TPSA) is 18.5 Å². The highest BCUT2D eigenvalue weighted by atomic mass is 32.1. The zero-order chi connectivity index (χ0) is 8.55. The molecule has 0 fully saturated rings. The van der Waals surface area contributed by atoms with Crippen molar-refractivity contribution in [3.8, 4) is 11.5 Å². The molecule has 0 aromatic carbocycles. The van der Waals surface area contributed by atoms with E-state index in [2.05, 4.69) is 13.8 Å². The molecule has 3 heteroatoms. The third kappa shape index (κ3) is 1.18. The van der Waals surface area contributed by atoms with E-state index in [-0.39, 0.29) is 12.2 Å². The molecule has 0 amide bonds. The van der Waals surface area contributed by atoms with Crippen LogP contribution in [0.25, 0.3) is 0 Å². The van der Waals surface area contributed by atoms with Crippen LogP contribution in [0.5, 0.6) is 11.5 Å². The van der Waals surface area contributed by atoms with Gasteiger partial charge >= 0.3 is 0 Å². The van der Waals surface area contributed by atoms with Gasteiger partial charge in [0.1, 0.15) is 12.2 Å². The van der Waals surface area contributed by atoms with Gasteiger partial charge in [0.15, 0.2) is 11.5 Å². The van der Waals surface area contributed by atoms with Crippen LogP contribution in [0.15, 0.2) is 10.8 Å². The minimum atomic E-state index is 0.178. The lowest BCUT2D eigenvalue weighted by Gasteiger charge is -2.29. The Kier molecular flexibility index (Phi) is 1.97. The number of ether oxygens (including phenoxy) is 2. The second-order valence-electron chi connectivity index (χ2n) is 2.99. The van der Waals surface area contributed by atoms with Gasteiger partial charge in [-0.2, -0.15) is 0 Å². The Morgan fingerprint density at radius 3 is 2.67 bits per heavy atom. The molecular weight excluding hydrogens is 172 g/mol. The van der Waals surface area contributed by atoms with Crippen molar-refractivity contribution in [1.82, 2.24) is 0 Å². The molecule has 2 heterocycles. The average Bonchev–Trinajstić information content (AvgIpc) is 2.49. The predicted molar refractivity (Wildman–Crippen MR) is 49.1 cm³/mol. The molecule has 0 bridgehead atoms. The van der Waals surface area contributed by atoms with Crippen molar-refractivity contribution in [3.05, 3.63) is 10.8 Å². The molecule has 0 saturated heterocycles. The fourth-order valence-corrected chi connectivity index (χ4v) is 2.05. The highest BCUT2D eigenvalue weighted by Gasteiger charge is 2.26. The third-order valence-electron chi connectivity index (χ3n) is 2.11. The van der Waals surface area contributed by atoms with Crippen LogP contribution >= 0.6 is 11.3 Å². The van der Waals surface area contributed by atoms with Gasteiger partial charge in [-0.25, -0.2) is 0 Å². The van der Waals surface area contributed by atoms with E-state index in [9.17, 15) is 0 Å². The highest BCUT2D eigenvalue weighted by molar-refractivity contribution is 7.08. The second-order valence-corrected chi connectivity index (χ2v) is 3.73. The molecule has 0 aliphatic carbocycles. The second kappa shape index (κ2) is 2.98. The molecule has 1 aromatic rings. The van der Waals surface area contributed by atoms with E-state index in [1.807, 2.05) is 10.8 Å². The molecule has 1 aliphatic heterocycles. The van der Waals surface area contributed by atoms with Crippen molar-refractivity contribution in [1.29, 1.82) is 0 Å². The third-order valence-corrected chi connectivity index (χ3v) is 2.81. The lowest BCUT2D eigenvalue weighted by atomic mass is 10.1. The monoisotopic (exact) mass is 184 g/mol. The highest BCUT2D eigenvalue weighted by Crippen LogP contribution is 2.37. The van der Waals surface area contributed by atoms with E-state index >= 15 is 0 Å². The van der Waals surface area contributed by atoms with Crippen molar-refractivity contribution in [2.24, 2.45) is 0 Å². The summed E-state index contributed by atoms with van der Waals surface area (Å²) in [5.74, 6) is 1.81. The molecule has 2 rings (SSSR count). The number of thiophene rings is 1. The molecule has 1 aliphatic rings. The summed E-state index contributed by atoms with van der Waals surface area (Å²) in [6.07, 6.45) is 1.39. The Morgan fingerprint density at radius 2 is 2.00 bits per heavy atom. The molecule has 12 heavy (non-hydrogen) atoms. The van der Waals surface area contributed by atoms with Gasteiger partial charge in [-0.3, -0.25) is 0 Å². The van der Waals surface area contributed by atoms with E-state index in [0.717, 1.165) is 17.9 Å². The van der Waals surface area contributed by atoms with Crippen molar-refractivity contribution in [2.75, 3.05) is 0 Å². The van der Waals surface area contributed by atoms with Crippen LogP contribution in [0.4, 0.5) is 0 Å². The summed E-state index contributed by atoms with van der Waals surface area (Å²) in [5, 5.41) is 3.97. The minimum absolute atomic E-state index is 0.178. The van der Waals surface area contributed by atoms with Gasteiger partial charge in [0.2, 0.25) is 0 Å². The summed E-state index contributed by atoms with van der Waals surface area (Å²) < 4.78 is 11.4. The first-order chi connectivity index (χ1) is 5.81. The largest absolute Gasteiger partial charge is 0.482 e. The lowest BCUT2D eigenvalue weighted by molar-refractivity contribution is 0.0308. The fourth-order valence-electron chi connectivity index (χ4n) is 1.40.